The van der Waals surface area contributed by atoms with Crippen molar-refractivity contribution >= 4 is 21.8 Å². The molecule has 1 saturated carbocycles. The van der Waals surface area contributed by atoms with Crippen LogP contribution in [0.1, 0.15) is 71.1 Å². The van der Waals surface area contributed by atoms with Crippen molar-refractivity contribution in [2.45, 2.75) is 76.0 Å². The van der Waals surface area contributed by atoms with Crippen molar-refractivity contribution in [2.75, 3.05) is 6.54 Å². The summed E-state index contributed by atoms with van der Waals surface area (Å²) in [5, 5.41) is 3.10. The first-order chi connectivity index (χ1) is 8.72. The number of rotatable bonds is 8. The Hall–Kier alpha value is -0.0500. The molecule has 2 unspecified atom stereocenters. The number of alkyl halides is 1. The summed E-state index contributed by atoms with van der Waals surface area (Å²) in [6.07, 6.45) is 11.9. The molecule has 1 aliphatic rings. The summed E-state index contributed by atoms with van der Waals surface area (Å²) in [5.74, 6) is 0.940. The van der Waals surface area contributed by atoms with Gasteiger partial charge in [0.1, 0.15) is 0 Å². The van der Waals surface area contributed by atoms with Crippen molar-refractivity contribution in [3.05, 3.63) is 0 Å². The van der Waals surface area contributed by atoms with E-state index in [0.717, 1.165) is 13.0 Å². The summed E-state index contributed by atoms with van der Waals surface area (Å²) in [6.45, 7) is 3.10. The quantitative estimate of drug-likeness (QED) is 0.521. The van der Waals surface area contributed by atoms with Gasteiger partial charge in [0.05, 0.1) is 0 Å². The van der Waals surface area contributed by atoms with Crippen LogP contribution in [0.15, 0.2) is 0 Å². The van der Waals surface area contributed by atoms with E-state index >= 15 is 0 Å². The molecule has 0 aromatic rings. The first kappa shape index (κ1) is 16.0. The van der Waals surface area contributed by atoms with E-state index in [2.05, 4.69) is 28.2 Å². The van der Waals surface area contributed by atoms with E-state index < -0.39 is 0 Å². The van der Waals surface area contributed by atoms with Gasteiger partial charge in [-0.25, -0.2) is 0 Å². The molecule has 18 heavy (non-hydrogen) atoms. The van der Waals surface area contributed by atoms with Gasteiger partial charge in [-0.1, -0.05) is 55.0 Å². The zero-order chi connectivity index (χ0) is 13.2. The molecule has 0 bridgehead atoms. The SMILES string of the molecule is CCCCCCCC(=O)NCC1CCCC(Br)C1. The Morgan fingerprint density at radius 2 is 2.00 bits per heavy atom. The maximum atomic E-state index is 11.7. The fourth-order valence-corrected chi connectivity index (χ4v) is 3.50. The maximum absolute atomic E-state index is 11.7. The third-order valence-electron chi connectivity index (χ3n) is 3.81. The topological polar surface area (TPSA) is 29.1 Å². The third kappa shape index (κ3) is 7.40. The zero-order valence-electron chi connectivity index (χ0n) is 11.7. The standard InChI is InChI=1S/C15H28BrNO/c1-2-3-4-5-6-10-15(18)17-12-13-8-7-9-14(16)11-13/h13-14H,2-12H2,1H3,(H,17,18). The molecular weight excluding hydrogens is 290 g/mol. The lowest BCUT2D eigenvalue weighted by atomic mass is 9.89. The average Bonchev–Trinajstić information content (AvgIpc) is 2.36. The minimum absolute atomic E-state index is 0.253. The molecule has 2 nitrogen and oxygen atoms in total. The Balaban J connectivity index is 1.99. The molecule has 1 fully saturated rings. The molecule has 1 rings (SSSR count). The van der Waals surface area contributed by atoms with Gasteiger partial charge in [-0.2, -0.15) is 0 Å². The number of carbonyl (C=O) groups is 1. The number of unbranched alkanes of at least 4 members (excludes halogenated alkanes) is 4. The third-order valence-corrected chi connectivity index (χ3v) is 4.65. The Morgan fingerprint density at radius 3 is 2.72 bits per heavy atom. The zero-order valence-corrected chi connectivity index (χ0v) is 13.3. The Labute approximate surface area is 120 Å². The van der Waals surface area contributed by atoms with Crippen LogP contribution in [0.4, 0.5) is 0 Å². The molecule has 1 amide bonds. The second kappa shape index (κ2) is 9.82. The molecule has 0 aromatic carbocycles. The van der Waals surface area contributed by atoms with Gasteiger partial charge < -0.3 is 5.32 Å². The summed E-state index contributed by atoms with van der Waals surface area (Å²) >= 11 is 3.69. The maximum Gasteiger partial charge on any atom is 0.220 e. The summed E-state index contributed by atoms with van der Waals surface area (Å²) in [4.78, 5) is 12.3. The molecule has 0 radical (unpaired) electrons. The highest BCUT2D eigenvalue weighted by atomic mass is 79.9. The molecule has 106 valence electrons. The number of hydrogen-bond donors (Lipinski definition) is 1. The van der Waals surface area contributed by atoms with Crippen LogP contribution < -0.4 is 5.32 Å². The van der Waals surface area contributed by atoms with Gasteiger partial charge >= 0.3 is 0 Å². The first-order valence-electron chi connectivity index (χ1n) is 7.63. The van der Waals surface area contributed by atoms with Gasteiger partial charge in [0.2, 0.25) is 5.91 Å². The summed E-state index contributed by atoms with van der Waals surface area (Å²) < 4.78 is 0. The lowest BCUT2D eigenvalue weighted by molar-refractivity contribution is -0.121. The molecule has 2 atom stereocenters. The van der Waals surface area contributed by atoms with Crippen molar-refractivity contribution in [3.63, 3.8) is 0 Å². The molecule has 0 aliphatic heterocycles. The molecular formula is C15H28BrNO. The molecule has 3 heteroatoms. The van der Waals surface area contributed by atoms with Crippen LogP contribution in [0, 0.1) is 5.92 Å². The monoisotopic (exact) mass is 317 g/mol. The van der Waals surface area contributed by atoms with Gasteiger partial charge in [-0.05, 0) is 31.6 Å². The van der Waals surface area contributed by atoms with E-state index in [9.17, 15) is 4.79 Å². The smallest absolute Gasteiger partial charge is 0.220 e. The van der Waals surface area contributed by atoms with Crippen LogP contribution in [0.2, 0.25) is 0 Å². The molecule has 0 spiro atoms. The fourth-order valence-electron chi connectivity index (χ4n) is 2.65. The molecule has 1 aliphatic carbocycles. The normalized spacial score (nSPS) is 23.9. The molecule has 1 N–H and O–H groups in total. The second-order valence-corrected chi connectivity index (χ2v) is 6.89. The van der Waals surface area contributed by atoms with Gasteiger partial charge in [0.25, 0.3) is 0 Å². The van der Waals surface area contributed by atoms with E-state index in [1.165, 1.54) is 51.4 Å². The fraction of sp³-hybridized carbons (Fsp3) is 0.933. The number of hydrogen-bond acceptors (Lipinski definition) is 1. The second-order valence-electron chi connectivity index (χ2n) is 5.60. The van der Waals surface area contributed by atoms with Crippen molar-refractivity contribution in [1.82, 2.24) is 5.32 Å². The lowest BCUT2D eigenvalue weighted by Gasteiger charge is -2.25. The first-order valence-corrected chi connectivity index (χ1v) is 8.54. The highest BCUT2D eigenvalue weighted by Gasteiger charge is 2.20. The van der Waals surface area contributed by atoms with Crippen LogP contribution >= 0.6 is 15.9 Å². The van der Waals surface area contributed by atoms with Crippen molar-refractivity contribution in [2.24, 2.45) is 5.92 Å². The van der Waals surface area contributed by atoms with Crippen LogP contribution in [-0.4, -0.2) is 17.3 Å². The van der Waals surface area contributed by atoms with E-state index in [4.69, 9.17) is 0 Å². The van der Waals surface area contributed by atoms with Crippen LogP contribution in [-0.2, 0) is 4.79 Å². The van der Waals surface area contributed by atoms with Crippen molar-refractivity contribution in [3.8, 4) is 0 Å². The Kier molecular flexibility index (Phi) is 8.74. The number of amides is 1. The van der Waals surface area contributed by atoms with E-state index in [-0.39, 0.29) is 5.91 Å². The predicted molar refractivity (Wildman–Crippen MR) is 81.1 cm³/mol. The van der Waals surface area contributed by atoms with Gasteiger partial charge in [0, 0.05) is 17.8 Å². The van der Waals surface area contributed by atoms with Crippen LogP contribution in [0.25, 0.3) is 0 Å². The Morgan fingerprint density at radius 1 is 1.22 bits per heavy atom. The average molecular weight is 318 g/mol. The van der Waals surface area contributed by atoms with Gasteiger partial charge in [-0.3, -0.25) is 4.79 Å². The van der Waals surface area contributed by atoms with E-state index in [1.54, 1.807) is 0 Å². The lowest BCUT2D eigenvalue weighted by Crippen LogP contribution is -2.31. The summed E-state index contributed by atoms with van der Waals surface area (Å²) in [6, 6.07) is 0. The van der Waals surface area contributed by atoms with E-state index in [0.29, 0.717) is 17.2 Å². The van der Waals surface area contributed by atoms with Crippen molar-refractivity contribution < 1.29 is 4.79 Å². The highest BCUT2D eigenvalue weighted by molar-refractivity contribution is 9.09. The number of nitrogens with one attached hydrogen (secondary N) is 1. The minimum Gasteiger partial charge on any atom is -0.356 e. The van der Waals surface area contributed by atoms with Crippen LogP contribution in [0.3, 0.4) is 0 Å². The molecule has 0 aromatic heterocycles. The number of carbonyl (C=O) groups excluding carboxylic acids is 1. The summed E-state index contributed by atoms with van der Waals surface area (Å²) in [5.41, 5.74) is 0. The van der Waals surface area contributed by atoms with E-state index in [1.807, 2.05) is 0 Å². The molecule has 0 saturated heterocycles. The Bertz CT molecular complexity index is 233. The highest BCUT2D eigenvalue weighted by Crippen LogP contribution is 2.28. The molecule has 0 heterocycles. The predicted octanol–water partition coefficient (Wildman–Crippen LogP) is 4.42. The van der Waals surface area contributed by atoms with Crippen molar-refractivity contribution in [1.29, 1.82) is 0 Å². The van der Waals surface area contributed by atoms with Gasteiger partial charge in [0.15, 0.2) is 0 Å². The largest absolute Gasteiger partial charge is 0.356 e. The van der Waals surface area contributed by atoms with Gasteiger partial charge in [-0.15, -0.1) is 0 Å². The van der Waals surface area contributed by atoms with Crippen LogP contribution in [0.5, 0.6) is 0 Å². The number of halogens is 1. The summed E-state index contributed by atoms with van der Waals surface area (Å²) in [7, 11) is 0. The minimum atomic E-state index is 0.253.